The Kier molecular flexibility index (Phi) is 5.50. The molecule has 0 bridgehead atoms. The van der Waals surface area contributed by atoms with E-state index in [-0.39, 0.29) is 5.69 Å². The molecular weight excluding hydrogens is 266 g/mol. The predicted molar refractivity (Wildman–Crippen MR) is 83.3 cm³/mol. The Labute approximate surface area is 126 Å². The summed E-state index contributed by atoms with van der Waals surface area (Å²) in [6, 6.07) is 4.58. The average molecular weight is 291 g/mol. The fraction of sp³-hybridized carbons (Fsp3) is 0.667. The van der Waals surface area contributed by atoms with Crippen molar-refractivity contribution < 1.29 is 4.79 Å². The van der Waals surface area contributed by atoms with Crippen LogP contribution in [0.4, 0.5) is 5.82 Å². The summed E-state index contributed by atoms with van der Waals surface area (Å²) in [4.78, 5) is 13.2. The normalized spacial score (nSPS) is 22.0. The molecule has 0 aliphatic heterocycles. The molecule has 1 amide bonds. The first-order chi connectivity index (χ1) is 10.1. The minimum atomic E-state index is -0.542. The lowest BCUT2D eigenvalue weighted by molar-refractivity contribution is 0.0994. The number of carbonyl (C=O) groups excluding carboxylic acids is 1. The van der Waals surface area contributed by atoms with Crippen LogP contribution in [0.25, 0.3) is 0 Å². The zero-order chi connectivity index (χ0) is 15.2. The van der Waals surface area contributed by atoms with E-state index in [1.54, 1.807) is 6.07 Å². The first kappa shape index (κ1) is 15.7. The van der Waals surface area contributed by atoms with Crippen LogP contribution in [-0.4, -0.2) is 41.8 Å². The van der Waals surface area contributed by atoms with E-state index in [1.165, 1.54) is 19.3 Å². The molecule has 0 atom stereocenters. The second-order valence-electron chi connectivity index (χ2n) is 5.71. The van der Waals surface area contributed by atoms with E-state index >= 15 is 0 Å². The summed E-state index contributed by atoms with van der Waals surface area (Å²) in [7, 11) is 2.04. The molecule has 1 aliphatic rings. The maximum Gasteiger partial charge on any atom is 0.269 e. The van der Waals surface area contributed by atoms with Crippen LogP contribution < -0.4 is 16.0 Å². The molecule has 1 aromatic rings. The van der Waals surface area contributed by atoms with Crippen LogP contribution in [0.15, 0.2) is 12.1 Å². The SMILES string of the molecule is CCCNC1CCC(N(C)c2ccc(C(N)=O)nn2)CC1. The summed E-state index contributed by atoms with van der Waals surface area (Å²) in [5.74, 6) is 0.254. The van der Waals surface area contributed by atoms with Gasteiger partial charge in [-0.05, 0) is 50.8 Å². The van der Waals surface area contributed by atoms with Crippen molar-refractivity contribution in [3.63, 3.8) is 0 Å². The largest absolute Gasteiger partial charge is 0.364 e. The predicted octanol–water partition coefficient (Wildman–Crippen LogP) is 1.32. The molecule has 0 saturated heterocycles. The monoisotopic (exact) mass is 291 g/mol. The van der Waals surface area contributed by atoms with E-state index in [9.17, 15) is 4.79 Å². The van der Waals surface area contributed by atoms with Crippen LogP contribution in [0, 0.1) is 0 Å². The summed E-state index contributed by atoms with van der Waals surface area (Å²) < 4.78 is 0. The molecule has 6 heteroatoms. The van der Waals surface area contributed by atoms with Gasteiger partial charge in [0.15, 0.2) is 11.5 Å². The van der Waals surface area contributed by atoms with E-state index in [4.69, 9.17) is 5.73 Å². The van der Waals surface area contributed by atoms with Crippen LogP contribution in [0.5, 0.6) is 0 Å². The molecule has 0 aromatic carbocycles. The Bertz CT molecular complexity index is 454. The van der Waals surface area contributed by atoms with E-state index < -0.39 is 5.91 Å². The van der Waals surface area contributed by atoms with Crippen molar-refractivity contribution in [2.75, 3.05) is 18.5 Å². The van der Waals surface area contributed by atoms with E-state index in [2.05, 4.69) is 27.3 Å². The second kappa shape index (κ2) is 7.36. The van der Waals surface area contributed by atoms with Crippen molar-refractivity contribution in [3.05, 3.63) is 17.8 Å². The average Bonchev–Trinajstić information content (AvgIpc) is 2.53. The number of carbonyl (C=O) groups is 1. The third-order valence-electron chi connectivity index (χ3n) is 4.19. The number of nitrogens with zero attached hydrogens (tertiary/aromatic N) is 3. The summed E-state index contributed by atoms with van der Waals surface area (Å²) >= 11 is 0. The highest BCUT2D eigenvalue weighted by Crippen LogP contribution is 2.25. The van der Waals surface area contributed by atoms with Gasteiger partial charge in [0.25, 0.3) is 5.91 Å². The highest BCUT2D eigenvalue weighted by molar-refractivity contribution is 5.90. The van der Waals surface area contributed by atoms with Gasteiger partial charge < -0.3 is 16.0 Å². The summed E-state index contributed by atoms with van der Waals surface area (Å²) in [5.41, 5.74) is 5.38. The second-order valence-corrected chi connectivity index (χ2v) is 5.71. The van der Waals surface area contributed by atoms with Gasteiger partial charge >= 0.3 is 0 Å². The van der Waals surface area contributed by atoms with Gasteiger partial charge in [-0.3, -0.25) is 4.79 Å². The summed E-state index contributed by atoms with van der Waals surface area (Å²) in [6.45, 7) is 3.30. The van der Waals surface area contributed by atoms with Crippen LogP contribution in [0.1, 0.15) is 49.5 Å². The third kappa shape index (κ3) is 4.14. The Hall–Kier alpha value is -1.69. The molecule has 116 valence electrons. The maximum absolute atomic E-state index is 11.0. The molecule has 1 aliphatic carbocycles. The molecule has 0 unspecified atom stereocenters. The smallest absolute Gasteiger partial charge is 0.269 e. The van der Waals surface area contributed by atoms with Crippen LogP contribution >= 0.6 is 0 Å². The Balaban J connectivity index is 1.89. The zero-order valence-corrected chi connectivity index (χ0v) is 12.9. The molecule has 21 heavy (non-hydrogen) atoms. The quantitative estimate of drug-likeness (QED) is 0.826. The lowest BCUT2D eigenvalue weighted by Gasteiger charge is -2.35. The fourth-order valence-electron chi connectivity index (χ4n) is 2.85. The number of nitrogens with one attached hydrogen (secondary N) is 1. The zero-order valence-electron chi connectivity index (χ0n) is 12.9. The van der Waals surface area contributed by atoms with Gasteiger partial charge in [0, 0.05) is 19.1 Å². The molecular formula is C15H25N5O. The van der Waals surface area contributed by atoms with Crippen LogP contribution in [0.2, 0.25) is 0 Å². The molecule has 0 spiro atoms. The van der Waals surface area contributed by atoms with E-state index in [1.807, 2.05) is 13.1 Å². The summed E-state index contributed by atoms with van der Waals surface area (Å²) in [6.07, 6.45) is 5.87. The van der Waals surface area contributed by atoms with Crippen molar-refractivity contribution in [1.29, 1.82) is 0 Å². The van der Waals surface area contributed by atoms with Gasteiger partial charge in [0.1, 0.15) is 0 Å². The number of amides is 1. The molecule has 1 aromatic heterocycles. The van der Waals surface area contributed by atoms with Crippen molar-refractivity contribution in [3.8, 4) is 0 Å². The molecule has 1 saturated carbocycles. The topological polar surface area (TPSA) is 84.1 Å². The fourth-order valence-corrected chi connectivity index (χ4v) is 2.85. The Morgan fingerprint density at radius 1 is 1.33 bits per heavy atom. The molecule has 1 heterocycles. The van der Waals surface area contributed by atoms with Gasteiger partial charge in [-0.25, -0.2) is 0 Å². The molecule has 3 N–H and O–H groups in total. The number of rotatable bonds is 6. The van der Waals surface area contributed by atoms with Crippen molar-refractivity contribution >= 4 is 11.7 Å². The number of primary amides is 1. The highest BCUT2D eigenvalue weighted by atomic mass is 16.1. The number of hydrogen-bond acceptors (Lipinski definition) is 5. The van der Waals surface area contributed by atoms with E-state index in [0.29, 0.717) is 12.1 Å². The van der Waals surface area contributed by atoms with E-state index in [0.717, 1.165) is 25.2 Å². The molecule has 1 fully saturated rings. The standard InChI is InChI=1S/C15H25N5O/c1-3-10-17-11-4-6-12(7-5-11)20(2)14-9-8-13(15(16)21)18-19-14/h8-9,11-12,17H,3-7,10H2,1-2H3,(H2,16,21). The lowest BCUT2D eigenvalue weighted by atomic mass is 9.90. The van der Waals surface area contributed by atoms with Crippen LogP contribution in [-0.2, 0) is 0 Å². The number of hydrogen-bond donors (Lipinski definition) is 2. The van der Waals surface area contributed by atoms with Gasteiger partial charge in [0.05, 0.1) is 0 Å². The molecule has 0 radical (unpaired) electrons. The number of nitrogens with two attached hydrogens (primary N) is 1. The Morgan fingerprint density at radius 3 is 2.57 bits per heavy atom. The first-order valence-corrected chi connectivity index (χ1v) is 7.71. The van der Waals surface area contributed by atoms with Gasteiger partial charge in [-0.15, -0.1) is 10.2 Å². The molecule has 6 nitrogen and oxygen atoms in total. The van der Waals surface area contributed by atoms with Crippen LogP contribution in [0.3, 0.4) is 0 Å². The van der Waals surface area contributed by atoms with Crippen molar-refractivity contribution in [2.45, 2.75) is 51.1 Å². The van der Waals surface area contributed by atoms with Gasteiger partial charge in [-0.1, -0.05) is 6.92 Å². The minimum Gasteiger partial charge on any atom is -0.364 e. The van der Waals surface area contributed by atoms with Crippen molar-refractivity contribution in [2.24, 2.45) is 5.73 Å². The first-order valence-electron chi connectivity index (χ1n) is 7.71. The van der Waals surface area contributed by atoms with Gasteiger partial charge in [-0.2, -0.15) is 0 Å². The summed E-state index contributed by atoms with van der Waals surface area (Å²) in [5, 5.41) is 11.6. The maximum atomic E-state index is 11.0. The highest BCUT2D eigenvalue weighted by Gasteiger charge is 2.24. The number of anilines is 1. The number of aromatic nitrogens is 2. The van der Waals surface area contributed by atoms with Crippen molar-refractivity contribution in [1.82, 2.24) is 15.5 Å². The van der Waals surface area contributed by atoms with Gasteiger partial charge in [0.2, 0.25) is 0 Å². The molecule has 2 rings (SSSR count). The minimum absolute atomic E-state index is 0.208. The third-order valence-corrected chi connectivity index (χ3v) is 4.19. The lowest BCUT2D eigenvalue weighted by Crippen LogP contribution is -2.41. The Morgan fingerprint density at radius 2 is 2.05 bits per heavy atom.